The molecule has 0 bridgehead atoms. The van der Waals surface area contributed by atoms with Crippen LogP contribution in [0.15, 0.2) is 27.6 Å². The zero-order valence-electron chi connectivity index (χ0n) is 11.4. The maximum absolute atomic E-state index is 12.4. The van der Waals surface area contributed by atoms with Crippen LogP contribution >= 0.6 is 15.9 Å². The van der Waals surface area contributed by atoms with Crippen LogP contribution in [-0.4, -0.2) is 33.4 Å². The predicted molar refractivity (Wildman–Crippen MR) is 82.4 cm³/mol. The van der Waals surface area contributed by atoms with Gasteiger partial charge in [-0.2, -0.15) is 0 Å². The highest BCUT2D eigenvalue weighted by Crippen LogP contribution is 2.25. The molecule has 4 nitrogen and oxygen atoms in total. The van der Waals surface area contributed by atoms with E-state index in [1.54, 1.807) is 30.0 Å². The highest BCUT2D eigenvalue weighted by Gasteiger charge is 2.26. The van der Waals surface area contributed by atoms with E-state index in [0.29, 0.717) is 28.1 Å². The van der Waals surface area contributed by atoms with E-state index in [4.69, 9.17) is 5.73 Å². The highest BCUT2D eigenvalue weighted by atomic mass is 79.9. The van der Waals surface area contributed by atoms with Gasteiger partial charge in [0.2, 0.25) is 5.91 Å². The predicted octanol–water partition coefficient (Wildman–Crippen LogP) is 2.40. The SMILES string of the molecule is CCN(CC)C(=O)C(C)S(=O)c1ccc(N)cc1Br. The summed E-state index contributed by atoms with van der Waals surface area (Å²) in [6, 6.07) is 5.08. The molecule has 2 unspecified atom stereocenters. The van der Waals surface area contributed by atoms with E-state index in [0.717, 1.165) is 0 Å². The van der Waals surface area contributed by atoms with Crippen molar-refractivity contribution < 1.29 is 9.00 Å². The summed E-state index contributed by atoms with van der Waals surface area (Å²) in [6.07, 6.45) is 0. The second-order valence-corrected chi connectivity index (χ2v) is 6.74. The minimum Gasteiger partial charge on any atom is -0.399 e. The molecule has 0 aliphatic heterocycles. The molecule has 1 amide bonds. The van der Waals surface area contributed by atoms with Crippen molar-refractivity contribution in [2.45, 2.75) is 30.9 Å². The fourth-order valence-corrected chi connectivity index (χ4v) is 3.80. The van der Waals surface area contributed by atoms with E-state index in [1.807, 2.05) is 13.8 Å². The van der Waals surface area contributed by atoms with Crippen LogP contribution in [0, 0.1) is 0 Å². The third kappa shape index (κ3) is 3.79. The Morgan fingerprint density at radius 2 is 2.00 bits per heavy atom. The Hall–Kier alpha value is -0.880. The molecule has 0 radical (unpaired) electrons. The van der Waals surface area contributed by atoms with E-state index in [-0.39, 0.29) is 5.91 Å². The van der Waals surface area contributed by atoms with E-state index >= 15 is 0 Å². The zero-order chi connectivity index (χ0) is 14.6. The van der Waals surface area contributed by atoms with Crippen molar-refractivity contribution in [3.05, 3.63) is 22.7 Å². The van der Waals surface area contributed by atoms with E-state index in [2.05, 4.69) is 15.9 Å². The monoisotopic (exact) mass is 346 g/mol. The van der Waals surface area contributed by atoms with Gasteiger partial charge in [-0.05, 0) is 54.9 Å². The lowest BCUT2D eigenvalue weighted by Gasteiger charge is -2.22. The largest absolute Gasteiger partial charge is 0.399 e. The molecule has 6 heteroatoms. The second-order valence-electron chi connectivity index (χ2n) is 4.14. The van der Waals surface area contributed by atoms with E-state index in [1.165, 1.54) is 0 Å². The molecule has 1 rings (SSSR count). The van der Waals surface area contributed by atoms with Gasteiger partial charge < -0.3 is 10.6 Å². The topological polar surface area (TPSA) is 63.4 Å². The summed E-state index contributed by atoms with van der Waals surface area (Å²) < 4.78 is 13.1. The number of nitrogens with zero attached hydrogens (tertiary/aromatic N) is 1. The van der Waals surface area contributed by atoms with Crippen molar-refractivity contribution in [3.63, 3.8) is 0 Å². The Labute approximate surface area is 124 Å². The van der Waals surface area contributed by atoms with Gasteiger partial charge in [0, 0.05) is 23.2 Å². The lowest BCUT2D eigenvalue weighted by Crippen LogP contribution is -2.39. The van der Waals surface area contributed by atoms with Gasteiger partial charge in [-0.25, -0.2) is 0 Å². The number of amides is 1. The standard InChI is InChI=1S/C13H19BrN2O2S/c1-4-16(5-2)13(17)9(3)19(18)12-7-6-10(15)8-11(12)14/h6-9H,4-5,15H2,1-3H3. The molecular formula is C13H19BrN2O2S. The molecule has 0 fully saturated rings. The summed E-state index contributed by atoms with van der Waals surface area (Å²) in [7, 11) is -1.40. The molecule has 0 heterocycles. The Bertz CT molecular complexity index is 490. The molecule has 0 aliphatic carbocycles. The van der Waals surface area contributed by atoms with E-state index < -0.39 is 16.0 Å². The minimum absolute atomic E-state index is 0.0907. The fraction of sp³-hybridized carbons (Fsp3) is 0.462. The molecule has 0 aromatic heterocycles. The number of nitrogen functional groups attached to an aromatic ring is 1. The molecule has 1 aromatic carbocycles. The quantitative estimate of drug-likeness (QED) is 0.832. The van der Waals surface area contributed by atoms with Crippen LogP contribution < -0.4 is 5.73 Å². The molecule has 0 saturated carbocycles. The van der Waals surface area contributed by atoms with Gasteiger partial charge in [0.1, 0.15) is 5.25 Å². The lowest BCUT2D eigenvalue weighted by atomic mass is 10.3. The number of anilines is 1. The van der Waals surface area contributed by atoms with Crippen LogP contribution in [0.1, 0.15) is 20.8 Å². The molecule has 2 N–H and O–H groups in total. The van der Waals surface area contributed by atoms with Crippen LogP contribution in [0.4, 0.5) is 5.69 Å². The zero-order valence-corrected chi connectivity index (χ0v) is 13.8. The smallest absolute Gasteiger partial charge is 0.238 e. The maximum Gasteiger partial charge on any atom is 0.238 e. The van der Waals surface area contributed by atoms with Crippen molar-refractivity contribution in [3.8, 4) is 0 Å². The van der Waals surface area contributed by atoms with E-state index in [9.17, 15) is 9.00 Å². The fourth-order valence-electron chi connectivity index (χ4n) is 1.75. The Morgan fingerprint density at radius 3 is 2.47 bits per heavy atom. The van der Waals surface area contributed by atoms with Gasteiger partial charge >= 0.3 is 0 Å². The van der Waals surface area contributed by atoms with Crippen molar-refractivity contribution in [1.82, 2.24) is 4.90 Å². The third-order valence-electron chi connectivity index (χ3n) is 2.92. The molecular weight excluding hydrogens is 328 g/mol. The number of rotatable bonds is 5. The molecule has 0 saturated heterocycles. The number of halogens is 1. The first-order valence-corrected chi connectivity index (χ1v) is 8.17. The summed E-state index contributed by atoms with van der Waals surface area (Å²) in [5.74, 6) is -0.0907. The molecule has 19 heavy (non-hydrogen) atoms. The average molecular weight is 347 g/mol. The highest BCUT2D eigenvalue weighted by molar-refractivity contribution is 9.10. The van der Waals surface area contributed by atoms with Crippen molar-refractivity contribution in [2.24, 2.45) is 0 Å². The van der Waals surface area contributed by atoms with Crippen LogP contribution in [0.5, 0.6) is 0 Å². The van der Waals surface area contributed by atoms with Gasteiger partial charge in [-0.15, -0.1) is 0 Å². The number of benzene rings is 1. The average Bonchev–Trinajstić information content (AvgIpc) is 2.38. The normalized spacial score (nSPS) is 13.9. The Morgan fingerprint density at radius 1 is 1.42 bits per heavy atom. The molecule has 2 atom stereocenters. The number of carbonyl (C=O) groups excluding carboxylic acids is 1. The van der Waals surface area contributed by atoms with Crippen LogP contribution in [-0.2, 0) is 15.6 Å². The van der Waals surface area contributed by atoms with Gasteiger partial charge in [0.15, 0.2) is 0 Å². The summed E-state index contributed by atoms with van der Waals surface area (Å²) in [5, 5.41) is -0.570. The Balaban J connectivity index is 2.96. The molecule has 0 spiro atoms. The van der Waals surface area contributed by atoms with Crippen molar-refractivity contribution >= 4 is 38.3 Å². The first-order chi connectivity index (χ1) is 8.92. The van der Waals surface area contributed by atoms with Crippen molar-refractivity contribution in [1.29, 1.82) is 0 Å². The number of nitrogens with two attached hydrogens (primary N) is 1. The van der Waals surface area contributed by atoms with Crippen LogP contribution in [0.2, 0.25) is 0 Å². The number of hydrogen-bond donors (Lipinski definition) is 1. The minimum atomic E-state index is -1.40. The summed E-state index contributed by atoms with van der Waals surface area (Å²) in [6.45, 7) is 6.77. The number of carbonyl (C=O) groups is 1. The van der Waals surface area contributed by atoms with Gasteiger partial charge in [0.05, 0.1) is 15.7 Å². The lowest BCUT2D eigenvalue weighted by molar-refractivity contribution is -0.129. The maximum atomic E-state index is 12.4. The molecule has 1 aromatic rings. The third-order valence-corrected chi connectivity index (χ3v) is 5.47. The van der Waals surface area contributed by atoms with Crippen molar-refractivity contribution in [2.75, 3.05) is 18.8 Å². The molecule has 0 aliphatic rings. The van der Waals surface area contributed by atoms with Crippen LogP contribution in [0.3, 0.4) is 0 Å². The molecule has 106 valence electrons. The van der Waals surface area contributed by atoms with Gasteiger partial charge in [-0.3, -0.25) is 9.00 Å². The first kappa shape index (κ1) is 16.2. The second kappa shape index (κ2) is 7.05. The van der Waals surface area contributed by atoms with Gasteiger partial charge in [-0.1, -0.05) is 0 Å². The first-order valence-electron chi connectivity index (χ1n) is 6.16. The Kier molecular flexibility index (Phi) is 6.00. The number of hydrogen-bond acceptors (Lipinski definition) is 3. The summed E-state index contributed by atoms with van der Waals surface area (Å²) >= 11 is 3.34. The summed E-state index contributed by atoms with van der Waals surface area (Å²) in [5.41, 5.74) is 6.24. The van der Waals surface area contributed by atoms with Crippen LogP contribution in [0.25, 0.3) is 0 Å². The van der Waals surface area contributed by atoms with Gasteiger partial charge in [0.25, 0.3) is 0 Å². The summed E-state index contributed by atoms with van der Waals surface area (Å²) in [4.78, 5) is 14.5.